The number of phenols is 1. The molecule has 0 radical (unpaired) electrons. The van der Waals surface area contributed by atoms with E-state index in [0.29, 0.717) is 35.4 Å². The molecular weight excluding hydrogens is 364 g/mol. The van der Waals surface area contributed by atoms with Gasteiger partial charge in [-0.1, -0.05) is 13.8 Å². The highest BCUT2D eigenvalue weighted by Gasteiger charge is 2.21. The van der Waals surface area contributed by atoms with Crippen molar-refractivity contribution in [2.45, 2.75) is 18.7 Å². The molecule has 0 fully saturated rings. The summed E-state index contributed by atoms with van der Waals surface area (Å²) in [5, 5.41) is 19.0. The van der Waals surface area contributed by atoms with Crippen LogP contribution in [-0.4, -0.2) is 35.9 Å². The molecule has 27 heavy (non-hydrogen) atoms. The first-order valence-corrected chi connectivity index (χ1v) is 10.00. The predicted octanol–water partition coefficient (Wildman–Crippen LogP) is 4.39. The number of sulfonamides is 1. The second-order valence-electron chi connectivity index (χ2n) is 5.79. The number of pyridine rings is 1. The number of hydrogen-bond donors (Lipinski definition) is 1. The van der Waals surface area contributed by atoms with Crippen molar-refractivity contribution in [2.75, 3.05) is 13.1 Å². The summed E-state index contributed by atoms with van der Waals surface area (Å²) in [5.41, 5.74) is 1.55. The number of azo groups is 1. The van der Waals surface area contributed by atoms with E-state index < -0.39 is 10.0 Å². The van der Waals surface area contributed by atoms with Crippen LogP contribution in [0, 0.1) is 0 Å². The number of fused-ring (bicyclic) bond motifs is 1. The SMILES string of the molecule is CCN(CC)S(=O)(=O)c1ccc(N=Nc2ccc(O)c3ncccc23)cc1. The Morgan fingerprint density at radius 1 is 1.00 bits per heavy atom. The van der Waals surface area contributed by atoms with E-state index in [1.807, 2.05) is 0 Å². The zero-order chi connectivity index (χ0) is 19.4. The Labute approximate surface area is 158 Å². The summed E-state index contributed by atoms with van der Waals surface area (Å²) >= 11 is 0. The van der Waals surface area contributed by atoms with Gasteiger partial charge in [0.2, 0.25) is 10.0 Å². The molecule has 0 saturated carbocycles. The van der Waals surface area contributed by atoms with Crippen molar-refractivity contribution in [1.82, 2.24) is 9.29 Å². The van der Waals surface area contributed by atoms with Crippen molar-refractivity contribution in [1.29, 1.82) is 0 Å². The number of hydrogen-bond acceptors (Lipinski definition) is 6. The van der Waals surface area contributed by atoms with Crippen molar-refractivity contribution in [2.24, 2.45) is 10.2 Å². The summed E-state index contributed by atoms with van der Waals surface area (Å²) in [6.07, 6.45) is 1.60. The normalized spacial score (nSPS) is 12.3. The van der Waals surface area contributed by atoms with Crippen LogP contribution >= 0.6 is 0 Å². The van der Waals surface area contributed by atoms with E-state index in [1.54, 1.807) is 50.4 Å². The molecule has 0 saturated heterocycles. The lowest BCUT2D eigenvalue weighted by molar-refractivity contribution is 0.445. The van der Waals surface area contributed by atoms with Crippen molar-refractivity contribution >= 4 is 32.3 Å². The Morgan fingerprint density at radius 3 is 2.37 bits per heavy atom. The molecule has 0 aliphatic carbocycles. The molecule has 0 unspecified atom stereocenters. The van der Waals surface area contributed by atoms with E-state index in [4.69, 9.17) is 0 Å². The van der Waals surface area contributed by atoms with Gasteiger partial charge >= 0.3 is 0 Å². The van der Waals surface area contributed by atoms with E-state index in [-0.39, 0.29) is 10.6 Å². The van der Waals surface area contributed by atoms with Crippen LogP contribution in [0.3, 0.4) is 0 Å². The molecular formula is C19H20N4O3S. The third-order valence-corrected chi connectivity index (χ3v) is 6.24. The maximum atomic E-state index is 12.5. The minimum Gasteiger partial charge on any atom is -0.506 e. The Bertz CT molecular complexity index is 1080. The minimum atomic E-state index is -3.49. The van der Waals surface area contributed by atoms with E-state index in [9.17, 15) is 13.5 Å². The fourth-order valence-corrected chi connectivity index (χ4v) is 4.20. The third kappa shape index (κ3) is 3.81. The molecule has 0 bridgehead atoms. The van der Waals surface area contributed by atoms with E-state index in [2.05, 4.69) is 15.2 Å². The second-order valence-corrected chi connectivity index (χ2v) is 7.72. The molecule has 140 valence electrons. The largest absolute Gasteiger partial charge is 0.506 e. The monoisotopic (exact) mass is 384 g/mol. The van der Waals surface area contributed by atoms with Crippen LogP contribution in [0.15, 0.2) is 69.9 Å². The van der Waals surface area contributed by atoms with Gasteiger partial charge in [0.25, 0.3) is 0 Å². The average Bonchev–Trinajstić information content (AvgIpc) is 2.69. The molecule has 7 nitrogen and oxygen atoms in total. The smallest absolute Gasteiger partial charge is 0.243 e. The zero-order valence-corrected chi connectivity index (χ0v) is 15.9. The molecule has 2 aromatic carbocycles. The van der Waals surface area contributed by atoms with Crippen LogP contribution < -0.4 is 0 Å². The fourth-order valence-electron chi connectivity index (χ4n) is 2.74. The zero-order valence-electron chi connectivity index (χ0n) is 15.1. The number of nitrogens with zero attached hydrogens (tertiary/aromatic N) is 4. The number of benzene rings is 2. The first-order chi connectivity index (χ1) is 13.0. The Morgan fingerprint density at radius 2 is 1.70 bits per heavy atom. The van der Waals surface area contributed by atoms with Gasteiger partial charge in [0.15, 0.2) is 0 Å². The summed E-state index contributed by atoms with van der Waals surface area (Å²) in [7, 11) is -3.49. The maximum absolute atomic E-state index is 12.5. The molecule has 8 heteroatoms. The van der Waals surface area contributed by atoms with Crippen molar-refractivity contribution in [3.8, 4) is 5.75 Å². The van der Waals surface area contributed by atoms with Gasteiger partial charge < -0.3 is 5.11 Å². The van der Waals surface area contributed by atoms with Crippen LogP contribution in [-0.2, 0) is 10.0 Å². The summed E-state index contributed by atoms with van der Waals surface area (Å²) in [6.45, 7) is 4.45. The first kappa shape index (κ1) is 18.9. The van der Waals surface area contributed by atoms with Gasteiger partial charge in [0, 0.05) is 24.7 Å². The maximum Gasteiger partial charge on any atom is 0.243 e. The lowest BCUT2D eigenvalue weighted by Gasteiger charge is -2.18. The molecule has 1 aromatic heterocycles. The van der Waals surface area contributed by atoms with Gasteiger partial charge in [-0.05, 0) is 48.5 Å². The Balaban J connectivity index is 1.89. The van der Waals surface area contributed by atoms with E-state index >= 15 is 0 Å². The lowest BCUT2D eigenvalue weighted by atomic mass is 10.2. The number of aromatic nitrogens is 1. The number of phenolic OH excluding ortho intramolecular Hbond substituents is 1. The molecule has 0 aliphatic heterocycles. The molecule has 3 rings (SSSR count). The van der Waals surface area contributed by atoms with Gasteiger partial charge in [-0.15, -0.1) is 5.11 Å². The summed E-state index contributed by atoms with van der Waals surface area (Å²) < 4.78 is 26.4. The van der Waals surface area contributed by atoms with Crippen LogP contribution in [0.1, 0.15) is 13.8 Å². The quantitative estimate of drug-likeness (QED) is 0.638. The van der Waals surface area contributed by atoms with Crippen molar-refractivity contribution in [3.05, 3.63) is 54.7 Å². The van der Waals surface area contributed by atoms with Crippen LogP contribution in [0.2, 0.25) is 0 Å². The van der Waals surface area contributed by atoms with E-state index in [0.717, 1.165) is 0 Å². The molecule has 1 N–H and O–H groups in total. The second kappa shape index (κ2) is 7.81. The summed E-state index contributed by atoms with van der Waals surface area (Å²) in [5.74, 6) is 0.0792. The van der Waals surface area contributed by atoms with Crippen LogP contribution in [0.5, 0.6) is 5.75 Å². The molecule has 3 aromatic rings. The van der Waals surface area contributed by atoms with Gasteiger partial charge in [-0.2, -0.15) is 9.42 Å². The number of rotatable bonds is 6. The van der Waals surface area contributed by atoms with Crippen LogP contribution in [0.25, 0.3) is 10.9 Å². The van der Waals surface area contributed by atoms with Crippen LogP contribution in [0.4, 0.5) is 11.4 Å². The summed E-state index contributed by atoms with van der Waals surface area (Å²) in [4.78, 5) is 4.37. The third-order valence-electron chi connectivity index (χ3n) is 4.18. The molecule has 0 atom stereocenters. The fraction of sp³-hybridized carbons (Fsp3) is 0.211. The minimum absolute atomic E-state index is 0.0792. The topological polar surface area (TPSA) is 95.2 Å². The first-order valence-electron chi connectivity index (χ1n) is 8.56. The highest BCUT2D eigenvalue weighted by atomic mass is 32.2. The lowest BCUT2D eigenvalue weighted by Crippen LogP contribution is -2.30. The Kier molecular flexibility index (Phi) is 5.48. The highest BCUT2D eigenvalue weighted by molar-refractivity contribution is 7.89. The van der Waals surface area contributed by atoms with E-state index in [1.165, 1.54) is 22.5 Å². The average molecular weight is 384 g/mol. The van der Waals surface area contributed by atoms with Gasteiger partial charge in [-0.3, -0.25) is 4.98 Å². The predicted molar refractivity (Wildman–Crippen MR) is 104 cm³/mol. The molecule has 0 aliphatic rings. The highest BCUT2D eigenvalue weighted by Crippen LogP contribution is 2.32. The van der Waals surface area contributed by atoms with Gasteiger partial charge in [0.1, 0.15) is 11.3 Å². The molecule has 0 amide bonds. The molecule has 1 heterocycles. The summed E-state index contributed by atoms with van der Waals surface area (Å²) in [6, 6.07) is 13.0. The van der Waals surface area contributed by atoms with Gasteiger partial charge in [-0.25, -0.2) is 8.42 Å². The Hall–Kier alpha value is -2.84. The number of aromatic hydroxyl groups is 1. The van der Waals surface area contributed by atoms with Crippen molar-refractivity contribution < 1.29 is 13.5 Å². The standard InChI is InChI=1S/C19H20N4O3S/c1-3-23(4-2)27(25,26)15-9-7-14(8-10-15)21-22-17-11-12-18(24)19-16(17)6-5-13-20-19/h5-13,24H,3-4H2,1-2H3. The van der Waals surface area contributed by atoms with Gasteiger partial charge in [0.05, 0.1) is 16.3 Å². The van der Waals surface area contributed by atoms with Crippen molar-refractivity contribution in [3.63, 3.8) is 0 Å². The molecule has 0 spiro atoms.